The Labute approximate surface area is 152 Å². The number of benzene rings is 2. The topological polar surface area (TPSA) is 88.4 Å². The van der Waals surface area contributed by atoms with Crippen LogP contribution in [-0.2, 0) is 20.7 Å². The van der Waals surface area contributed by atoms with Crippen molar-refractivity contribution in [2.24, 2.45) is 0 Å². The number of amides is 1. The van der Waals surface area contributed by atoms with E-state index in [1.165, 1.54) is 6.92 Å². The number of nitrogens with zero attached hydrogens (tertiary/aromatic N) is 1. The number of anilines is 1. The van der Waals surface area contributed by atoms with Gasteiger partial charge in [-0.15, -0.1) is 0 Å². The molecule has 1 unspecified atom stereocenters. The zero-order valence-corrected chi connectivity index (χ0v) is 14.7. The number of carbonyl (C=O) groups excluding carboxylic acids is 2. The first-order chi connectivity index (χ1) is 12.5. The fourth-order valence-electron chi connectivity index (χ4n) is 2.28. The van der Waals surface area contributed by atoms with E-state index >= 15 is 0 Å². The molecule has 0 saturated heterocycles. The number of nitrogens with one attached hydrogen (secondary N) is 1. The molecule has 2 aromatic carbocycles. The average Bonchev–Trinajstić information content (AvgIpc) is 2.66. The van der Waals surface area contributed by atoms with Crippen LogP contribution in [0.15, 0.2) is 48.5 Å². The maximum atomic E-state index is 12.2. The Balaban J connectivity index is 1.88. The summed E-state index contributed by atoms with van der Waals surface area (Å²) in [5, 5.41) is 11.6. The first-order valence-corrected chi connectivity index (χ1v) is 8.25. The van der Waals surface area contributed by atoms with Crippen LogP contribution in [0.2, 0.25) is 0 Å². The number of nitriles is 1. The molecule has 0 fully saturated rings. The van der Waals surface area contributed by atoms with Crippen LogP contribution in [0.3, 0.4) is 0 Å². The van der Waals surface area contributed by atoms with Gasteiger partial charge < -0.3 is 14.8 Å². The number of hydrogen-bond acceptors (Lipinski definition) is 5. The van der Waals surface area contributed by atoms with Gasteiger partial charge in [-0.1, -0.05) is 37.3 Å². The van der Waals surface area contributed by atoms with Gasteiger partial charge in [-0.05, 0) is 37.1 Å². The average molecular weight is 352 g/mol. The predicted octanol–water partition coefficient (Wildman–Crippen LogP) is 3.07. The van der Waals surface area contributed by atoms with Crippen molar-refractivity contribution in [3.63, 3.8) is 0 Å². The van der Waals surface area contributed by atoms with E-state index in [-0.39, 0.29) is 6.61 Å². The maximum absolute atomic E-state index is 12.2. The van der Waals surface area contributed by atoms with Crippen molar-refractivity contribution in [3.05, 3.63) is 59.7 Å². The first kappa shape index (κ1) is 19.0. The van der Waals surface area contributed by atoms with Gasteiger partial charge in [0.2, 0.25) is 0 Å². The van der Waals surface area contributed by atoms with E-state index in [2.05, 4.69) is 5.32 Å². The Hall–Kier alpha value is -3.33. The molecule has 2 rings (SSSR count). The second kappa shape index (κ2) is 9.23. The van der Waals surface area contributed by atoms with Crippen molar-refractivity contribution >= 4 is 17.6 Å². The summed E-state index contributed by atoms with van der Waals surface area (Å²) >= 11 is 0. The van der Waals surface area contributed by atoms with Crippen molar-refractivity contribution in [2.45, 2.75) is 26.4 Å². The second-order valence-electron chi connectivity index (χ2n) is 5.53. The molecule has 0 aliphatic carbocycles. The summed E-state index contributed by atoms with van der Waals surface area (Å²) in [6.45, 7) is 3.16. The fourth-order valence-corrected chi connectivity index (χ4v) is 2.28. The van der Waals surface area contributed by atoms with Gasteiger partial charge in [-0.2, -0.15) is 5.26 Å². The van der Waals surface area contributed by atoms with Crippen LogP contribution in [0.5, 0.6) is 5.75 Å². The van der Waals surface area contributed by atoms with Gasteiger partial charge in [0.15, 0.2) is 12.7 Å². The molecule has 1 atom stereocenters. The molecule has 134 valence electrons. The van der Waals surface area contributed by atoms with Crippen molar-refractivity contribution in [2.75, 3.05) is 11.9 Å². The number of hydrogen-bond donors (Lipinski definition) is 1. The fraction of sp³-hybridized carbons (Fsp3) is 0.250. The molecule has 0 spiro atoms. The highest BCUT2D eigenvalue weighted by molar-refractivity contribution is 5.96. The van der Waals surface area contributed by atoms with Crippen molar-refractivity contribution < 1.29 is 19.1 Å². The van der Waals surface area contributed by atoms with Crippen molar-refractivity contribution in [3.8, 4) is 11.8 Å². The Kier molecular flexibility index (Phi) is 6.75. The van der Waals surface area contributed by atoms with Crippen LogP contribution in [-0.4, -0.2) is 24.6 Å². The Morgan fingerprint density at radius 3 is 2.58 bits per heavy atom. The summed E-state index contributed by atoms with van der Waals surface area (Å²) < 4.78 is 10.6. The standard InChI is InChI=1S/C20H20N2O4/c1-3-15-8-5-7-11-18(15)25-13-19(23)26-14(2)20(24)22-17-10-6-4-9-16(17)12-21/h4-11,14H,3,13H2,1-2H3,(H,22,24). The third kappa shape index (κ3) is 5.08. The van der Waals surface area contributed by atoms with Crippen LogP contribution in [0, 0.1) is 11.3 Å². The minimum absolute atomic E-state index is 0.288. The maximum Gasteiger partial charge on any atom is 0.344 e. The van der Waals surface area contributed by atoms with E-state index in [1.54, 1.807) is 30.3 Å². The Morgan fingerprint density at radius 1 is 1.15 bits per heavy atom. The van der Waals surface area contributed by atoms with Gasteiger partial charge in [-0.3, -0.25) is 4.79 Å². The summed E-state index contributed by atoms with van der Waals surface area (Å²) in [6, 6.07) is 16.0. The zero-order chi connectivity index (χ0) is 18.9. The van der Waals surface area contributed by atoms with Gasteiger partial charge in [0.25, 0.3) is 5.91 Å². The summed E-state index contributed by atoms with van der Waals surface area (Å²) in [5.74, 6) is -0.547. The van der Waals surface area contributed by atoms with Gasteiger partial charge in [0.05, 0.1) is 11.3 Å². The molecule has 0 aliphatic heterocycles. The summed E-state index contributed by atoms with van der Waals surface area (Å²) in [6.07, 6.45) is -0.234. The summed E-state index contributed by atoms with van der Waals surface area (Å²) in [5.41, 5.74) is 1.69. The third-order valence-electron chi connectivity index (χ3n) is 3.68. The molecule has 1 amide bonds. The Morgan fingerprint density at radius 2 is 1.85 bits per heavy atom. The van der Waals surface area contributed by atoms with Crippen LogP contribution in [0.1, 0.15) is 25.0 Å². The van der Waals surface area contributed by atoms with E-state index in [9.17, 15) is 9.59 Å². The molecule has 26 heavy (non-hydrogen) atoms. The van der Waals surface area contributed by atoms with Crippen LogP contribution in [0.4, 0.5) is 5.69 Å². The zero-order valence-electron chi connectivity index (χ0n) is 14.7. The first-order valence-electron chi connectivity index (χ1n) is 8.25. The Bertz CT molecular complexity index is 827. The van der Waals surface area contributed by atoms with E-state index in [1.807, 2.05) is 31.2 Å². The van der Waals surface area contributed by atoms with E-state index in [4.69, 9.17) is 14.7 Å². The second-order valence-corrected chi connectivity index (χ2v) is 5.53. The van der Waals surface area contributed by atoms with Gasteiger partial charge in [-0.25, -0.2) is 4.79 Å². The molecule has 0 bridgehead atoms. The van der Waals surface area contributed by atoms with Gasteiger partial charge in [0, 0.05) is 0 Å². The molecule has 6 heteroatoms. The molecule has 0 aliphatic rings. The third-order valence-corrected chi connectivity index (χ3v) is 3.68. The molecule has 0 heterocycles. The van der Waals surface area contributed by atoms with Crippen LogP contribution >= 0.6 is 0 Å². The highest BCUT2D eigenvalue weighted by atomic mass is 16.6. The minimum atomic E-state index is -1.01. The summed E-state index contributed by atoms with van der Waals surface area (Å²) in [4.78, 5) is 24.1. The van der Waals surface area contributed by atoms with E-state index in [0.29, 0.717) is 17.0 Å². The number of esters is 1. The minimum Gasteiger partial charge on any atom is -0.482 e. The molecule has 1 N–H and O–H groups in total. The molecule has 0 aromatic heterocycles. The lowest BCUT2D eigenvalue weighted by molar-refractivity contribution is -0.155. The molecule has 6 nitrogen and oxygen atoms in total. The number of rotatable bonds is 7. The van der Waals surface area contributed by atoms with Gasteiger partial charge >= 0.3 is 5.97 Å². The quantitative estimate of drug-likeness (QED) is 0.774. The van der Waals surface area contributed by atoms with Crippen LogP contribution < -0.4 is 10.1 Å². The number of para-hydroxylation sites is 2. The molecule has 0 radical (unpaired) electrons. The lowest BCUT2D eigenvalue weighted by Crippen LogP contribution is -2.32. The number of ether oxygens (including phenoxy) is 2. The highest BCUT2D eigenvalue weighted by Gasteiger charge is 2.19. The normalized spacial score (nSPS) is 11.1. The molecule has 2 aromatic rings. The van der Waals surface area contributed by atoms with Gasteiger partial charge in [0.1, 0.15) is 11.8 Å². The monoisotopic (exact) mass is 352 g/mol. The van der Waals surface area contributed by atoms with E-state index < -0.39 is 18.0 Å². The molecule has 0 saturated carbocycles. The van der Waals surface area contributed by atoms with Crippen molar-refractivity contribution in [1.29, 1.82) is 5.26 Å². The van der Waals surface area contributed by atoms with E-state index in [0.717, 1.165) is 12.0 Å². The molecular weight excluding hydrogens is 332 g/mol. The lowest BCUT2D eigenvalue weighted by atomic mass is 10.1. The smallest absolute Gasteiger partial charge is 0.344 e. The highest BCUT2D eigenvalue weighted by Crippen LogP contribution is 2.18. The van der Waals surface area contributed by atoms with Crippen molar-refractivity contribution in [1.82, 2.24) is 0 Å². The number of carbonyl (C=O) groups is 2. The van der Waals surface area contributed by atoms with Crippen LogP contribution in [0.25, 0.3) is 0 Å². The largest absolute Gasteiger partial charge is 0.482 e. The lowest BCUT2D eigenvalue weighted by Gasteiger charge is -2.15. The SMILES string of the molecule is CCc1ccccc1OCC(=O)OC(C)C(=O)Nc1ccccc1C#N. The number of aryl methyl sites for hydroxylation is 1. The molecular formula is C20H20N2O4. The predicted molar refractivity (Wildman–Crippen MR) is 96.7 cm³/mol. The summed E-state index contributed by atoms with van der Waals surface area (Å²) in [7, 11) is 0.